The summed E-state index contributed by atoms with van der Waals surface area (Å²) in [5, 5.41) is 1.57. The first kappa shape index (κ1) is 15.8. The van der Waals surface area contributed by atoms with Gasteiger partial charge in [-0.05, 0) is 72.7 Å². The molecule has 0 saturated heterocycles. The van der Waals surface area contributed by atoms with Crippen molar-refractivity contribution in [2.75, 3.05) is 0 Å². The fraction of sp³-hybridized carbons (Fsp3) is 0. The highest BCUT2D eigenvalue weighted by atomic mass is 16.4. The van der Waals surface area contributed by atoms with Gasteiger partial charge in [0.15, 0.2) is 11.2 Å². The Bertz CT molecular complexity index is 2160. The van der Waals surface area contributed by atoms with E-state index < -0.39 is 18.1 Å². The third kappa shape index (κ3) is 3.11. The van der Waals surface area contributed by atoms with Gasteiger partial charge in [0.05, 0.1) is 17.9 Å². The number of para-hydroxylation sites is 5. The number of nitrogens with zero attached hydrogens (tertiary/aromatic N) is 3. The van der Waals surface area contributed by atoms with Gasteiger partial charge in [-0.2, -0.15) is 0 Å². The Kier molecular flexibility index (Phi) is 3.27. The molecule has 0 amide bonds. The van der Waals surface area contributed by atoms with Gasteiger partial charge in [0.25, 0.3) is 0 Å². The van der Waals surface area contributed by atoms with E-state index in [1.807, 2.05) is 84.9 Å². The molecule has 0 bridgehead atoms. The van der Waals surface area contributed by atoms with E-state index in [0.717, 1.165) is 32.9 Å². The van der Waals surface area contributed by atoms with Crippen LogP contribution in [-0.2, 0) is 0 Å². The molecular formula is C32H19N3O2. The average molecular weight is 483 g/mol. The maximum atomic E-state index is 8.70. The molecule has 5 heteroatoms. The highest BCUT2D eigenvalue weighted by molar-refractivity contribution is 6.11. The van der Waals surface area contributed by atoms with Crippen molar-refractivity contribution in [1.82, 2.24) is 14.5 Å². The Morgan fingerprint density at radius 3 is 1.62 bits per heavy atom. The fourth-order valence-corrected chi connectivity index (χ4v) is 4.88. The van der Waals surface area contributed by atoms with Gasteiger partial charge in [0.1, 0.15) is 11.0 Å². The molecule has 5 aromatic carbocycles. The first-order valence-electron chi connectivity index (χ1n) is 14.3. The summed E-state index contributed by atoms with van der Waals surface area (Å²) in [6, 6.07) is 24.6. The summed E-state index contributed by atoms with van der Waals surface area (Å²) in [6.45, 7) is 0. The van der Waals surface area contributed by atoms with Gasteiger partial charge in [-0.15, -0.1) is 0 Å². The molecule has 0 saturated carbocycles. The molecule has 0 unspecified atom stereocenters. The zero-order valence-corrected chi connectivity index (χ0v) is 19.2. The van der Waals surface area contributed by atoms with Gasteiger partial charge in [0.2, 0.25) is 11.8 Å². The van der Waals surface area contributed by atoms with E-state index >= 15 is 0 Å². The quantitative estimate of drug-likeness (QED) is 0.254. The number of hydrogen-bond donors (Lipinski definition) is 0. The number of fused-ring (bicyclic) bond motifs is 5. The first-order chi connectivity index (χ1) is 20.4. The Morgan fingerprint density at radius 2 is 1.11 bits per heavy atom. The van der Waals surface area contributed by atoms with Gasteiger partial charge in [0, 0.05) is 27.6 Å². The Hall–Kier alpha value is -5.16. The molecule has 174 valence electrons. The lowest BCUT2D eigenvalue weighted by Crippen LogP contribution is -1.93. The second-order valence-electron chi connectivity index (χ2n) is 8.75. The summed E-state index contributed by atoms with van der Waals surface area (Å²) in [6.07, 6.45) is 0. The molecule has 3 aromatic heterocycles. The van der Waals surface area contributed by atoms with Crippen molar-refractivity contribution in [2.45, 2.75) is 0 Å². The molecule has 37 heavy (non-hydrogen) atoms. The summed E-state index contributed by atoms with van der Waals surface area (Å²) in [5.74, 6) is 0.911. The van der Waals surface area contributed by atoms with E-state index in [1.165, 1.54) is 0 Å². The zero-order valence-electron chi connectivity index (χ0n) is 24.2. The average Bonchev–Trinajstić information content (AvgIpc) is 3.73. The molecule has 0 fully saturated rings. The van der Waals surface area contributed by atoms with Crippen LogP contribution in [-0.4, -0.2) is 14.5 Å². The second-order valence-corrected chi connectivity index (χ2v) is 8.75. The van der Waals surface area contributed by atoms with Crippen LogP contribution >= 0.6 is 0 Å². The minimum absolute atomic E-state index is 0.0743. The lowest BCUT2D eigenvalue weighted by atomic mass is 10.1. The third-order valence-electron chi connectivity index (χ3n) is 6.56. The van der Waals surface area contributed by atoms with Crippen LogP contribution in [0, 0.1) is 0 Å². The van der Waals surface area contributed by atoms with Crippen molar-refractivity contribution in [3.8, 4) is 28.6 Å². The number of benzene rings is 5. The molecule has 8 aromatic rings. The molecule has 0 radical (unpaired) electrons. The van der Waals surface area contributed by atoms with Gasteiger partial charge in [-0.1, -0.05) is 42.4 Å². The van der Waals surface area contributed by atoms with Crippen LogP contribution < -0.4 is 0 Å². The second kappa shape index (κ2) is 7.67. The van der Waals surface area contributed by atoms with Gasteiger partial charge < -0.3 is 13.4 Å². The maximum absolute atomic E-state index is 8.70. The van der Waals surface area contributed by atoms with Crippen LogP contribution in [0.25, 0.3) is 72.6 Å². The van der Waals surface area contributed by atoms with Crippen molar-refractivity contribution in [3.63, 3.8) is 0 Å². The number of oxazole rings is 2. The van der Waals surface area contributed by atoms with Crippen molar-refractivity contribution in [3.05, 3.63) is 115 Å². The normalized spacial score (nSPS) is 13.7. The van der Waals surface area contributed by atoms with E-state index in [1.54, 1.807) is 4.57 Å². The number of hydrogen-bond acceptors (Lipinski definition) is 4. The molecule has 0 atom stereocenters. The lowest BCUT2D eigenvalue weighted by Gasteiger charge is -2.07. The van der Waals surface area contributed by atoms with Crippen molar-refractivity contribution in [2.24, 2.45) is 0 Å². The Labute approximate surface area is 218 Å². The van der Waals surface area contributed by atoms with Crippen LogP contribution in [0.15, 0.2) is 124 Å². The highest BCUT2D eigenvalue weighted by Crippen LogP contribution is 2.37. The standard InChI is InChI=1S/C32H19N3O2/c1-2-8-22(9-3-1)35-27-16-14-20(31-33-25-10-4-6-12-29(25)36-31)18-23(27)24-19-21(15-17-28(24)35)32-34-26-11-5-7-13-30(26)37-32/h1-19H/i1D,2D,3D,8D,9D. The van der Waals surface area contributed by atoms with E-state index in [-0.39, 0.29) is 17.8 Å². The molecule has 3 heterocycles. The predicted molar refractivity (Wildman–Crippen MR) is 147 cm³/mol. The van der Waals surface area contributed by atoms with Crippen LogP contribution in [0.3, 0.4) is 0 Å². The monoisotopic (exact) mass is 482 g/mol. The molecule has 0 spiro atoms. The summed E-state index contributed by atoms with van der Waals surface area (Å²) in [4.78, 5) is 9.31. The molecule has 8 rings (SSSR count). The number of aromatic nitrogens is 3. The van der Waals surface area contributed by atoms with E-state index in [0.29, 0.717) is 34.0 Å². The van der Waals surface area contributed by atoms with Crippen molar-refractivity contribution < 1.29 is 15.7 Å². The first-order valence-corrected chi connectivity index (χ1v) is 11.8. The van der Waals surface area contributed by atoms with Crippen LogP contribution in [0.4, 0.5) is 0 Å². The summed E-state index contributed by atoms with van der Waals surface area (Å²) in [5.41, 5.74) is 5.72. The number of rotatable bonds is 3. The van der Waals surface area contributed by atoms with Crippen molar-refractivity contribution >= 4 is 44.0 Å². The van der Waals surface area contributed by atoms with Crippen LogP contribution in [0.5, 0.6) is 0 Å². The smallest absolute Gasteiger partial charge is 0.227 e. The van der Waals surface area contributed by atoms with Crippen molar-refractivity contribution in [1.29, 1.82) is 0 Å². The summed E-state index contributed by atoms with van der Waals surface area (Å²) >= 11 is 0. The van der Waals surface area contributed by atoms with E-state index in [9.17, 15) is 0 Å². The van der Waals surface area contributed by atoms with Gasteiger partial charge >= 0.3 is 0 Å². The Balaban J connectivity index is 1.44. The largest absolute Gasteiger partial charge is 0.436 e. The molecular weight excluding hydrogens is 458 g/mol. The van der Waals surface area contributed by atoms with E-state index in [2.05, 4.69) is 9.97 Å². The minimum Gasteiger partial charge on any atom is -0.436 e. The Morgan fingerprint density at radius 1 is 0.595 bits per heavy atom. The topological polar surface area (TPSA) is 57.0 Å². The lowest BCUT2D eigenvalue weighted by molar-refractivity contribution is 0.619. The summed E-state index contributed by atoms with van der Waals surface area (Å²) < 4.78 is 55.9. The SMILES string of the molecule is [2H]c1c([2H])c([2H])c(-n2c3ccc(-c4nc5ccccc5o4)cc3c3cc(-c4nc5ccccc5o4)ccc32)c([2H])c1[2H]. The van der Waals surface area contributed by atoms with Gasteiger partial charge in [-0.3, -0.25) is 0 Å². The minimum atomic E-state index is -0.439. The van der Waals surface area contributed by atoms with Crippen LogP contribution in [0.1, 0.15) is 6.85 Å². The van der Waals surface area contributed by atoms with E-state index in [4.69, 9.17) is 15.7 Å². The highest BCUT2D eigenvalue weighted by Gasteiger charge is 2.17. The van der Waals surface area contributed by atoms with Crippen LogP contribution in [0.2, 0.25) is 0 Å². The summed E-state index contributed by atoms with van der Waals surface area (Å²) in [7, 11) is 0. The molecule has 0 aliphatic rings. The fourth-order valence-electron chi connectivity index (χ4n) is 4.88. The molecule has 0 N–H and O–H groups in total. The third-order valence-corrected chi connectivity index (χ3v) is 6.56. The predicted octanol–water partition coefficient (Wildman–Crippen LogP) is 8.40. The van der Waals surface area contributed by atoms with Gasteiger partial charge in [-0.25, -0.2) is 9.97 Å². The molecule has 0 aliphatic heterocycles. The zero-order chi connectivity index (χ0) is 28.7. The molecule has 0 aliphatic carbocycles. The maximum Gasteiger partial charge on any atom is 0.227 e. The molecule has 5 nitrogen and oxygen atoms in total.